The van der Waals surface area contributed by atoms with Gasteiger partial charge in [0.15, 0.2) is 0 Å². The highest BCUT2D eigenvalue weighted by Gasteiger charge is 2.56. The summed E-state index contributed by atoms with van der Waals surface area (Å²) in [6.07, 6.45) is 5.70. The lowest BCUT2D eigenvalue weighted by molar-refractivity contribution is -0.138. The zero-order valence-corrected chi connectivity index (χ0v) is 37.1. The number of hydrogen-bond acceptors (Lipinski definition) is 9. The Morgan fingerprint density at radius 3 is 2.27 bits per heavy atom. The van der Waals surface area contributed by atoms with Crippen LogP contribution in [-0.4, -0.2) is 92.6 Å². The van der Waals surface area contributed by atoms with Crippen LogP contribution in [0.4, 0.5) is 18.4 Å². The summed E-state index contributed by atoms with van der Waals surface area (Å²) >= 11 is 0. The number of aromatic nitrogens is 4. The third kappa shape index (κ3) is 7.30. The van der Waals surface area contributed by atoms with Crippen molar-refractivity contribution < 1.29 is 37.4 Å². The second kappa shape index (κ2) is 16.2. The SMILES string of the molecule is COC(=O)N[C@@H](CCC#N)C(=O)N1C(c2nc3ccc(-c4ccc5c(c4)C(F)(F)c4cc(-c6cnc(C7CC8(CC8)CN7C(=O)[C@@H](NC(=O)OC)C(C)C)[nH]6)ccc4-5)cc3[nH]2)[C@H]2CC[C@@H]1C2. The summed E-state index contributed by atoms with van der Waals surface area (Å²) in [6.45, 7) is 4.28. The number of likely N-dealkylation sites (tertiary alicyclic amines) is 2. The van der Waals surface area contributed by atoms with E-state index in [0.717, 1.165) is 32.1 Å². The van der Waals surface area contributed by atoms with Crippen LogP contribution in [0.5, 0.6) is 0 Å². The molecule has 4 fully saturated rings. The standard InChI is InChI=1S/C49H51F2N9O6/c1-25(2)40(58-47(64)66-4)45(62)59-24-48(15-16-48)22-39(59)42-53-23-38(56-42)28-9-13-32-31-12-8-26(19-33(31)49(50,51)34(32)20-28)27-10-14-35-37(21-27)55-43(54-35)41-29-7-11-30(18-29)60(41)44(61)36(6-5-17-52)57-46(63)65-3/h8-10,12-14,19-21,23,25,29-30,36,39-41H,5-7,11,15-16,18,22,24H2,1-4H3,(H,53,56)(H,54,55)(H,57,63)(H,58,64)/t29-,30+,36-,39?,40-,41?/m0/s1. The Hall–Kier alpha value is -6.83. The van der Waals surface area contributed by atoms with E-state index >= 15 is 8.78 Å². The lowest BCUT2D eigenvalue weighted by Crippen LogP contribution is -2.51. The van der Waals surface area contributed by atoms with Crippen LogP contribution in [0.1, 0.15) is 100 Å². The van der Waals surface area contributed by atoms with Gasteiger partial charge in [0.2, 0.25) is 11.8 Å². The second-order valence-electron chi connectivity index (χ2n) is 19.0. The minimum Gasteiger partial charge on any atom is -0.453 e. The largest absolute Gasteiger partial charge is 0.453 e. The number of alkyl halides is 2. The van der Waals surface area contributed by atoms with Gasteiger partial charge in [-0.15, -0.1) is 0 Å². The molecule has 4 heterocycles. The highest BCUT2D eigenvalue weighted by molar-refractivity contribution is 5.89. The highest BCUT2D eigenvalue weighted by Crippen LogP contribution is 2.59. The normalized spacial score (nSPS) is 22.5. The van der Waals surface area contributed by atoms with Gasteiger partial charge in [0.05, 0.1) is 55.3 Å². The Bertz CT molecular complexity index is 2830. The maximum Gasteiger partial charge on any atom is 0.407 e. The van der Waals surface area contributed by atoms with Gasteiger partial charge >= 0.3 is 12.2 Å². The molecule has 2 aromatic heterocycles. The molecule has 3 aromatic carbocycles. The van der Waals surface area contributed by atoms with E-state index in [1.165, 1.54) is 20.3 Å². The Morgan fingerprint density at radius 1 is 0.894 bits per heavy atom. The van der Waals surface area contributed by atoms with Crippen molar-refractivity contribution in [2.24, 2.45) is 17.3 Å². The summed E-state index contributed by atoms with van der Waals surface area (Å²) in [4.78, 5) is 72.3. The van der Waals surface area contributed by atoms with Crippen LogP contribution < -0.4 is 10.6 Å². The van der Waals surface area contributed by atoms with E-state index in [2.05, 4.69) is 26.7 Å². The molecule has 1 spiro atoms. The van der Waals surface area contributed by atoms with Crippen LogP contribution in [0.2, 0.25) is 0 Å². The number of methoxy groups -OCH3 is 2. The molecule has 2 saturated heterocycles. The number of carbonyl (C=O) groups excluding carboxylic acids is 4. The molecule has 2 bridgehead atoms. The number of benzene rings is 3. The molecule has 2 aliphatic heterocycles. The van der Waals surface area contributed by atoms with E-state index < -0.39 is 30.2 Å². The molecule has 0 radical (unpaired) electrons. The number of nitriles is 1. The van der Waals surface area contributed by atoms with Crippen LogP contribution >= 0.6 is 0 Å². The molecular weight excluding hydrogens is 849 g/mol. The van der Waals surface area contributed by atoms with E-state index in [-0.39, 0.29) is 71.2 Å². The zero-order valence-electron chi connectivity index (χ0n) is 37.1. The van der Waals surface area contributed by atoms with Crippen molar-refractivity contribution in [1.82, 2.24) is 40.4 Å². The van der Waals surface area contributed by atoms with Gasteiger partial charge in [-0.05, 0) is 109 Å². The summed E-state index contributed by atoms with van der Waals surface area (Å²) in [5.41, 5.74) is 4.47. The Balaban J connectivity index is 0.892. The Morgan fingerprint density at radius 2 is 1.58 bits per heavy atom. The molecule has 4 amide bonds. The van der Waals surface area contributed by atoms with E-state index in [9.17, 15) is 24.4 Å². The van der Waals surface area contributed by atoms with Crippen molar-refractivity contribution in [3.05, 3.63) is 83.6 Å². The summed E-state index contributed by atoms with van der Waals surface area (Å²) < 4.78 is 42.9. The van der Waals surface area contributed by atoms with Crippen molar-refractivity contribution in [1.29, 1.82) is 5.26 Å². The number of aromatic amines is 2. The fourth-order valence-electron chi connectivity index (χ4n) is 11.0. The quantitative estimate of drug-likeness (QED) is 0.101. The number of nitrogens with zero attached hydrogens (tertiary/aromatic N) is 5. The third-order valence-corrected chi connectivity index (χ3v) is 14.6. The van der Waals surface area contributed by atoms with Crippen molar-refractivity contribution in [2.45, 2.75) is 101 Å². The predicted octanol–water partition coefficient (Wildman–Crippen LogP) is 8.26. The number of ether oxygens (including phenoxy) is 2. The average molecular weight is 900 g/mol. The minimum absolute atomic E-state index is 0.00300. The lowest BCUT2D eigenvalue weighted by Gasteiger charge is -2.36. The number of alkyl carbamates (subject to hydrolysis) is 2. The number of piperidine rings is 1. The van der Waals surface area contributed by atoms with Gasteiger partial charge in [-0.1, -0.05) is 44.2 Å². The summed E-state index contributed by atoms with van der Waals surface area (Å²) in [6, 6.07) is 15.4. The van der Waals surface area contributed by atoms with Gasteiger partial charge in [0.25, 0.3) is 5.92 Å². The fraction of sp³-hybridized carbons (Fsp3) is 0.449. The lowest BCUT2D eigenvalue weighted by atomic mass is 9.97. The molecule has 15 nitrogen and oxygen atoms in total. The van der Waals surface area contributed by atoms with Crippen LogP contribution in [0, 0.1) is 28.6 Å². The first kappa shape index (κ1) is 43.1. The van der Waals surface area contributed by atoms with Crippen LogP contribution in [0.25, 0.3) is 44.5 Å². The number of carbonyl (C=O) groups is 4. The number of halogens is 2. The molecule has 4 N–H and O–H groups in total. The number of fused-ring (bicyclic) bond motifs is 6. The Labute approximate surface area is 379 Å². The summed E-state index contributed by atoms with van der Waals surface area (Å²) in [5, 5.41) is 14.6. The number of hydrogen-bond donors (Lipinski definition) is 4. The molecule has 6 atom stereocenters. The van der Waals surface area contributed by atoms with Crippen molar-refractivity contribution in [2.75, 3.05) is 20.8 Å². The molecule has 5 aromatic rings. The van der Waals surface area contributed by atoms with Crippen molar-refractivity contribution in [3.8, 4) is 39.6 Å². The first-order valence-corrected chi connectivity index (χ1v) is 22.6. The molecule has 66 heavy (non-hydrogen) atoms. The van der Waals surface area contributed by atoms with E-state index in [0.29, 0.717) is 69.2 Å². The first-order valence-electron chi connectivity index (χ1n) is 22.6. The van der Waals surface area contributed by atoms with Gasteiger partial charge in [-0.25, -0.2) is 19.6 Å². The van der Waals surface area contributed by atoms with Gasteiger partial charge in [0.1, 0.15) is 23.7 Å². The van der Waals surface area contributed by atoms with E-state index in [1.807, 2.05) is 43.0 Å². The minimum atomic E-state index is -3.30. The van der Waals surface area contributed by atoms with Gasteiger partial charge in [0, 0.05) is 35.7 Å². The molecule has 2 saturated carbocycles. The van der Waals surface area contributed by atoms with Crippen molar-refractivity contribution >= 4 is 35.0 Å². The van der Waals surface area contributed by atoms with Gasteiger partial charge < -0.3 is 39.9 Å². The topological polar surface area (TPSA) is 198 Å². The van der Waals surface area contributed by atoms with Gasteiger partial charge in [-0.3, -0.25) is 9.59 Å². The summed E-state index contributed by atoms with van der Waals surface area (Å²) in [5.74, 6) is -2.64. The van der Waals surface area contributed by atoms with Gasteiger partial charge in [-0.2, -0.15) is 14.0 Å². The number of imidazole rings is 2. The number of H-pyrrole nitrogens is 2. The number of nitrogens with one attached hydrogen (secondary N) is 4. The average Bonchev–Trinajstić information content (AvgIpc) is 3.98. The van der Waals surface area contributed by atoms with Crippen LogP contribution in [0.15, 0.2) is 60.8 Å². The molecule has 10 rings (SSSR count). The summed E-state index contributed by atoms with van der Waals surface area (Å²) in [7, 11) is 2.49. The van der Waals surface area contributed by atoms with Crippen LogP contribution in [-0.2, 0) is 25.0 Å². The highest BCUT2D eigenvalue weighted by atomic mass is 19.3. The first-order chi connectivity index (χ1) is 31.7. The Kier molecular flexibility index (Phi) is 10.6. The van der Waals surface area contributed by atoms with E-state index in [4.69, 9.17) is 19.4 Å². The molecular formula is C49H51F2N9O6. The maximum absolute atomic E-state index is 16.7. The molecule has 342 valence electrons. The number of amides is 4. The molecule has 3 aliphatic carbocycles. The molecule has 5 aliphatic rings. The number of rotatable bonds is 11. The zero-order chi connectivity index (χ0) is 46.2. The molecule has 2 unspecified atom stereocenters. The van der Waals surface area contributed by atoms with E-state index in [1.54, 1.807) is 35.4 Å². The second-order valence-corrected chi connectivity index (χ2v) is 19.0. The monoisotopic (exact) mass is 899 g/mol. The van der Waals surface area contributed by atoms with Crippen molar-refractivity contribution in [3.63, 3.8) is 0 Å². The third-order valence-electron chi connectivity index (χ3n) is 14.6. The maximum atomic E-state index is 16.7. The van der Waals surface area contributed by atoms with Crippen LogP contribution in [0.3, 0.4) is 0 Å². The molecule has 17 heteroatoms. The predicted molar refractivity (Wildman–Crippen MR) is 237 cm³/mol. The fourth-order valence-corrected chi connectivity index (χ4v) is 11.0. The smallest absolute Gasteiger partial charge is 0.407 e.